The molecule has 1 fully saturated rings. The van der Waals surface area contributed by atoms with E-state index in [9.17, 15) is 14.4 Å². The van der Waals surface area contributed by atoms with Gasteiger partial charge < -0.3 is 19.7 Å². The Labute approximate surface area is 169 Å². The van der Waals surface area contributed by atoms with Gasteiger partial charge in [-0.1, -0.05) is 60.7 Å². The summed E-state index contributed by atoms with van der Waals surface area (Å²) in [4.78, 5) is 38.1. The fourth-order valence-electron chi connectivity index (χ4n) is 3.16. The van der Waals surface area contributed by atoms with Gasteiger partial charge in [-0.05, 0) is 24.0 Å². The van der Waals surface area contributed by atoms with Gasteiger partial charge in [0, 0.05) is 6.54 Å². The quantitative estimate of drug-likeness (QED) is 0.728. The standard InChI is InChI=1S/C22H24N2O5/c25-20(14-23-22(27)29-16-18-10-5-2-6-11-18)24-13-7-12-19(24)21(26)28-15-17-8-3-1-4-9-17/h1-6,8-11,19H,7,12-16H2,(H,23,27). The zero-order chi connectivity index (χ0) is 20.5. The molecule has 2 aromatic carbocycles. The lowest BCUT2D eigenvalue weighted by Gasteiger charge is -2.23. The lowest BCUT2D eigenvalue weighted by molar-refractivity contribution is -0.154. The third-order valence-electron chi connectivity index (χ3n) is 4.67. The van der Waals surface area contributed by atoms with Crippen molar-refractivity contribution < 1.29 is 23.9 Å². The number of likely N-dealkylation sites (tertiary alicyclic amines) is 1. The lowest BCUT2D eigenvalue weighted by Crippen LogP contribution is -2.46. The Hall–Kier alpha value is -3.35. The molecule has 0 radical (unpaired) electrons. The van der Waals surface area contributed by atoms with Gasteiger partial charge in [0.2, 0.25) is 5.91 Å². The molecule has 7 nitrogen and oxygen atoms in total. The van der Waals surface area contributed by atoms with Crippen LogP contribution in [-0.2, 0) is 32.3 Å². The van der Waals surface area contributed by atoms with Crippen LogP contribution in [0.3, 0.4) is 0 Å². The van der Waals surface area contributed by atoms with E-state index in [0.717, 1.165) is 17.5 Å². The molecule has 152 valence electrons. The van der Waals surface area contributed by atoms with E-state index >= 15 is 0 Å². The number of ether oxygens (including phenoxy) is 2. The van der Waals surface area contributed by atoms with Crippen LogP contribution in [0.4, 0.5) is 4.79 Å². The molecule has 0 aliphatic carbocycles. The molecule has 0 spiro atoms. The second-order valence-corrected chi connectivity index (χ2v) is 6.75. The van der Waals surface area contributed by atoms with E-state index in [1.165, 1.54) is 4.90 Å². The van der Waals surface area contributed by atoms with E-state index in [4.69, 9.17) is 9.47 Å². The maximum Gasteiger partial charge on any atom is 0.407 e. The van der Waals surface area contributed by atoms with Crippen LogP contribution in [0.1, 0.15) is 24.0 Å². The van der Waals surface area contributed by atoms with Gasteiger partial charge in [0.25, 0.3) is 0 Å². The first-order valence-corrected chi connectivity index (χ1v) is 9.58. The third-order valence-corrected chi connectivity index (χ3v) is 4.67. The van der Waals surface area contributed by atoms with Gasteiger partial charge in [-0.15, -0.1) is 0 Å². The lowest BCUT2D eigenvalue weighted by atomic mass is 10.2. The summed E-state index contributed by atoms with van der Waals surface area (Å²) in [5.41, 5.74) is 1.74. The van der Waals surface area contributed by atoms with Crippen molar-refractivity contribution >= 4 is 18.0 Å². The van der Waals surface area contributed by atoms with Crippen molar-refractivity contribution in [3.63, 3.8) is 0 Å². The molecule has 1 aliphatic rings. The second-order valence-electron chi connectivity index (χ2n) is 6.75. The van der Waals surface area contributed by atoms with E-state index in [2.05, 4.69) is 5.32 Å². The molecule has 0 aromatic heterocycles. The van der Waals surface area contributed by atoms with Crippen LogP contribution >= 0.6 is 0 Å². The van der Waals surface area contributed by atoms with Crippen molar-refractivity contribution in [2.75, 3.05) is 13.1 Å². The Morgan fingerprint density at radius 1 is 0.897 bits per heavy atom. The Bertz CT molecular complexity index is 826. The molecule has 29 heavy (non-hydrogen) atoms. The molecule has 1 aliphatic heterocycles. The number of amides is 2. The highest BCUT2D eigenvalue weighted by Crippen LogP contribution is 2.19. The summed E-state index contributed by atoms with van der Waals surface area (Å²) >= 11 is 0. The number of carbonyl (C=O) groups is 3. The Balaban J connectivity index is 1.43. The zero-order valence-corrected chi connectivity index (χ0v) is 16.1. The largest absolute Gasteiger partial charge is 0.459 e. The van der Waals surface area contributed by atoms with Crippen molar-refractivity contribution in [3.05, 3.63) is 71.8 Å². The highest BCUT2D eigenvalue weighted by Gasteiger charge is 2.35. The van der Waals surface area contributed by atoms with Gasteiger partial charge in [0.05, 0.1) is 0 Å². The van der Waals surface area contributed by atoms with E-state index in [0.29, 0.717) is 13.0 Å². The summed E-state index contributed by atoms with van der Waals surface area (Å²) in [5, 5.41) is 2.44. The third kappa shape index (κ3) is 6.07. The molecule has 1 heterocycles. The molecule has 0 saturated carbocycles. The van der Waals surface area contributed by atoms with E-state index in [1.807, 2.05) is 60.7 Å². The molecule has 2 aromatic rings. The molecule has 1 unspecified atom stereocenters. The minimum absolute atomic E-state index is 0.124. The Morgan fingerprint density at radius 2 is 1.48 bits per heavy atom. The molecule has 1 N–H and O–H groups in total. The highest BCUT2D eigenvalue weighted by atomic mass is 16.5. The first-order valence-electron chi connectivity index (χ1n) is 9.58. The van der Waals surface area contributed by atoms with Crippen LogP contribution in [0, 0.1) is 0 Å². The predicted molar refractivity (Wildman–Crippen MR) is 106 cm³/mol. The molecular formula is C22H24N2O5. The van der Waals surface area contributed by atoms with Crippen molar-refractivity contribution in [3.8, 4) is 0 Å². The number of alkyl carbamates (subject to hydrolysis) is 1. The zero-order valence-electron chi connectivity index (χ0n) is 16.1. The monoisotopic (exact) mass is 396 g/mol. The normalized spacial score (nSPS) is 15.6. The number of nitrogens with one attached hydrogen (secondary N) is 1. The van der Waals surface area contributed by atoms with Gasteiger partial charge >= 0.3 is 12.1 Å². The van der Waals surface area contributed by atoms with Crippen LogP contribution < -0.4 is 5.32 Å². The van der Waals surface area contributed by atoms with E-state index in [1.54, 1.807) is 0 Å². The Kier molecular flexibility index (Phi) is 7.22. The molecular weight excluding hydrogens is 372 g/mol. The Morgan fingerprint density at radius 3 is 2.10 bits per heavy atom. The maximum absolute atomic E-state index is 12.5. The van der Waals surface area contributed by atoms with E-state index < -0.39 is 18.1 Å². The number of carbonyl (C=O) groups excluding carboxylic acids is 3. The summed E-state index contributed by atoms with van der Waals surface area (Å²) < 4.78 is 10.5. The topological polar surface area (TPSA) is 84.9 Å². The first kappa shape index (κ1) is 20.4. The average molecular weight is 396 g/mol. The van der Waals surface area contributed by atoms with Crippen molar-refractivity contribution in [1.82, 2.24) is 10.2 Å². The summed E-state index contributed by atoms with van der Waals surface area (Å²) in [5.74, 6) is -0.757. The first-order chi connectivity index (χ1) is 14.1. The minimum atomic E-state index is -0.676. The minimum Gasteiger partial charge on any atom is -0.459 e. The summed E-state index contributed by atoms with van der Waals surface area (Å²) in [6.07, 6.45) is 0.595. The molecule has 7 heteroatoms. The summed E-state index contributed by atoms with van der Waals surface area (Å²) in [6, 6.07) is 18.0. The number of nitrogens with zero attached hydrogens (tertiary/aromatic N) is 1. The van der Waals surface area contributed by atoms with Crippen LogP contribution in [0.25, 0.3) is 0 Å². The number of hydrogen-bond acceptors (Lipinski definition) is 5. The van der Waals surface area contributed by atoms with Gasteiger partial charge in [0.15, 0.2) is 0 Å². The van der Waals surface area contributed by atoms with Gasteiger partial charge in [0.1, 0.15) is 25.8 Å². The van der Waals surface area contributed by atoms with E-state index in [-0.39, 0.29) is 25.7 Å². The van der Waals surface area contributed by atoms with Crippen LogP contribution in [0.2, 0.25) is 0 Å². The second kappa shape index (κ2) is 10.3. The predicted octanol–water partition coefficient (Wildman–Crippen LogP) is 2.65. The van der Waals surface area contributed by atoms with Crippen molar-refractivity contribution in [1.29, 1.82) is 0 Å². The fraction of sp³-hybridized carbons (Fsp3) is 0.318. The SMILES string of the molecule is O=C(NCC(=O)N1CCCC1C(=O)OCc1ccccc1)OCc1ccccc1. The van der Waals surface area contributed by atoms with Crippen LogP contribution in [0.15, 0.2) is 60.7 Å². The van der Waals surface area contributed by atoms with Gasteiger partial charge in [-0.25, -0.2) is 9.59 Å². The number of rotatable bonds is 7. The van der Waals surface area contributed by atoms with Crippen LogP contribution in [-0.4, -0.2) is 42.0 Å². The molecule has 1 atom stereocenters. The molecule has 2 amide bonds. The highest BCUT2D eigenvalue weighted by molar-refractivity contribution is 5.87. The number of hydrogen-bond donors (Lipinski definition) is 1. The maximum atomic E-state index is 12.5. The number of benzene rings is 2. The van der Waals surface area contributed by atoms with Gasteiger partial charge in [-0.2, -0.15) is 0 Å². The number of esters is 1. The summed E-state index contributed by atoms with van der Waals surface area (Å²) in [6.45, 7) is 0.530. The molecule has 0 bridgehead atoms. The molecule has 3 rings (SSSR count). The van der Waals surface area contributed by atoms with Gasteiger partial charge in [-0.3, -0.25) is 4.79 Å². The molecule has 1 saturated heterocycles. The summed E-state index contributed by atoms with van der Waals surface area (Å²) in [7, 11) is 0. The van der Waals surface area contributed by atoms with Crippen LogP contribution in [0.5, 0.6) is 0 Å². The smallest absolute Gasteiger partial charge is 0.407 e. The fourth-order valence-corrected chi connectivity index (χ4v) is 3.16. The average Bonchev–Trinajstić information content (AvgIpc) is 3.26. The van der Waals surface area contributed by atoms with Crippen molar-refractivity contribution in [2.45, 2.75) is 32.1 Å². The van der Waals surface area contributed by atoms with Crippen molar-refractivity contribution in [2.24, 2.45) is 0 Å².